The molecule has 0 heterocycles. The van der Waals surface area contributed by atoms with Gasteiger partial charge in [-0.3, -0.25) is 0 Å². The number of hydrogen-bond acceptors (Lipinski definition) is 3. The molecule has 2 rings (SSSR count). The maximum Gasteiger partial charge on any atom is 0.345 e. The fraction of sp³-hybridized carbons (Fsp3) is 0.133. The number of aryl methyl sites for hydroxylation is 2. The number of carbonyl (C=O) groups excluding carboxylic acids is 1. The number of nitrogens with two attached hydrogens (primary N) is 1. The van der Waals surface area contributed by atoms with Crippen molar-refractivity contribution in [3.8, 4) is 5.75 Å². The summed E-state index contributed by atoms with van der Waals surface area (Å²) in [5.74, 6) is 0.110. The molecule has 0 atom stereocenters. The van der Waals surface area contributed by atoms with Crippen molar-refractivity contribution in [1.82, 2.24) is 0 Å². The average molecular weight is 241 g/mol. The predicted octanol–water partition coefficient (Wildman–Crippen LogP) is 3.10. The van der Waals surface area contributed by atoms with Gasteiger partial charge >= 0.3 is 5.97 Å². The molecule has 0 spiro atoms. The molecule has 92 valence electrons. The highest BCUT2D eigenvalue weighted by molar-refractivity contribution is 5.96. The van der Waals surface area contributed by atoms with E-state index in [1.54, 1.807) is 24.3 Å². The molecule has 0 radical (unpaired) electrons. The third kappa shape index (κ3) is 2.69. The molecule has 0 aromatic heterocycles. The molecule has 18 heavy (non-hydrogen) atoms. The molecule has 2 aromatic carbocycles. The minimum Gasteiger partial charge on any atom is -0.423 e. The normalized spacial score (nSPS) is 10.1. The number of para-hydroxylation sites is 1. The molecule has 3 nitrogen and oxygen atoms in total. The predicted molar refractivity (Wildman–Crippen MR) is 71.7 cm³/mol. The summed E-state index contributed by atoms with van der Waals surface area (Å²) in [7, 11) is 0. The van der Waals surface area contributed by atoms with Gasteiger partial charge in [-0.15, -0.1) is 0 Å². The molecule has 2 aromatic rings. The smallest absolute Gasteiger partial charge is 0.345 e. The second-order valence-electron chi connectivity index (χ2n) is 4.30. The standard InChI is InChI=1S/C15H15NO2/c1-10-7-11(2)9-12(8-10)18-15(17)13-5-3-4-6-14(13)16/h3-9H,16H2,1-2H3. The van der Waals surface area contributed by atoms with Crippen molar-refractivity contribution < 1.29 is 9.53 Å². The van der Waals surface area contributed by atoms with Gasteiger partial charge < -0.3 is 10.5 Å². The molecular weight excluding hydrogens is 226 g/mol. The minimum absolute atomic E-state index is 0.386. The molecule has 0 aliphatic carbocycles. The number of esters is 1. The van der Waals surface area contributed by atoms with Crippen LogP contribution >= 0.6 is 0 Å². The van der Waals surface area contributed by atoms with E-state index >= 15 is 0 Å². The van der Waals surface area contributed by atoms with Gasteiger partial charge in [0.25, 0.3) is 0 Å². The zero-order valence-corrected chi connectivity index (χ0v) is 10.4. The number of rotatable bonds is 2. The van der Waals surface area contributed by atoms with Crippen molar-refractivity contribution in [2.75, 3.05) is 5.73 Å². The number of carbonyl (C=O) groups is 1. The Morgan fingerprint density at radius 2 is 1.67 bits per heavy atom. The van der Waals surface area contributed by atoms with Crippen molar-refractivity contribution >= 4 is 11.7 Å². The van der Waals surface area contributed by atoms with Crippen molar-refractivity contribution in [3.05, 3.63) is 59.2 Å². The summed E-state index contributed by atoms with van der Waals surface area (Å²) in [6.07, 6.45) is 0. The lowest BCUT2D eigenvalue weighted by molar-refractivity contribution is 0.0736. The summed E-state index contributed by atoms with van der Waals surface area (Å²) in [4.78, 5) is 12.0. The number of anilines is 1. The van der Waals surface area contributed by atoms with Gasteiger partial charge in [0.05, 0.1) is 5.56 Å². The van der Waals surface area contributed by atoms with Gasteiger partial charge in [0.2, 0.25) is 0 Å². The first kappa shape index (κ1) is 12.2. The highest BCUT2D eigenvalue weighted by atomic mass is 16.5. The number of benzene rings is 2. The highest BCUT2D eigenvalue weighted by Gasteiger charge is 2.11. The first-order valence-electron chi connectivity index (χ1n) is 5.71. The van der Waals surface area contributed by atoms with Crippen molar-refractivity contribution in [3.63, 3.8) is 0 Å². The molecular formula is C15H15NO2. The van der Waals surface area contributed by atoms with Crippen LogP contribution in [0.15, 0.2) is 42.5 Å². The Balaban J connectivity index is 2.24. The van der Waals surface area contributed by atoms with Crippen LogP contribution in [0.5, 0.6) is 5.75 Å². The summed E-state index contributed by atoms with van der Waals surface area (Å²) in [5, 5.41) is 0. The maximum absolute atomic E-state index is 12.0. The van der Waals surface area contributed by atoms with Gasteiger partial charge in [0, 0.05) is 5.69 Å². The maximum atomic E-state index is 12.0. The SMILES string of the molecule is Cc1cc(C)cc(OC(=O)c2ccccc2N)c1. The molecule has 2 N–H and O–H groups in total. The molecule has 0 saturated heterocycles. The Morgan fingerprint density at radius 1 is 1.06 bits per heavy atom. The van der Waals surface area contributed by atoms with Crippen LogP contribution in [0, 0.1) is 13.8 Å². The Hall–Kier alpha value is -2.29. The Bertz CT molecular complexity index is 571. The second kappa shape index (κ2) is 4.92. The zero-order valence-electron chi connectivity index (χ0n) is 10.4. The van der Waals surface area contributed by atoms with Gasteiger partial charge in [0.1, 0.15) is 5.75 Å². The topological polar surface area (TPSA) is 52.3 Å². The van der Waals surface area contributed by atoms with Gasteiger partial charge in [-0.25, -0.2) is 4.79 Å². The summed E-state index contributed by atoms with van der Waals surface area (Å²) in [6, 6.07) is 12.5. The Kier molecular flexibility index (Phi) is 3.33. The van der Waals surface area contributed by atoms with Crippen LogP contribution < -0.4 is 10.5 Å². The summed E-state index contributed by atoms with van der Waals surface area (Å²) >= 11 is 0. The Labute approximate surface area is 106 Å². The van der Waals surface area contributed by atoms with Crippen LogP contribution in [0.25, 0.3) is 0 Å². The molecule has 0 unspecified atom stereocenters. The highest BCUT2D eigenvalue weighted by Crippen LogP contribution is 2.19. The molecule has 3 heteroatoms. The van der Waals surface area contributed by atoms with Crippen LogP contribution in [0.1, 0.15) is 21.5 Å². The lowest BCUT2D eigenvalue weighted by Gasteiger charge is -2.08. The van der Waals surface area contributed by atoms with E-state index in [1.807, 2.05) is 32.0 Å². The second-order valence-corrected chi connectivity index (χ2v) is 4.30. The summed E-state index contributed by atoms with van der Waals surface area (Å²) in [5.41, 5.74) is 8.65. The fourth-order valence-corrected chi connectivity index (χ4v) is 1.84. The summed E-state index contributed by atoms with van der Waals surface area (Å²) in [6.45, 7) is 3.92. The van der Waals surface area contributed by atoms with Gasteiger partial charge in [0.15, 0.2) is 0 Å². The molecule has 0 saturated carbocycles. The number of ether oxygens (including phenoxy) is 1. The van der Waals surface area contributed by atoms with Crippen molar-refractivity contribution in [2.45, 2.75) is 13.8 Å². The Morgan fingerprint density at radius 3 is 2.28 bits per heavy atom. The van der Waals surface area contributed by atoms with Crippen LogP contribution in [-0.2, 0) is 0 Å². The molecule has 0 aliphatic rings. The first-order chi connectivity index (χ1) is 8.56. The average Bonchev–Trinajstić information content (AvgIpc) is 2.27. The summed E-state index contributed by atoms with van der Waals surface area (Å²) < 4.78 is 5.32. The monoisotopic (exact) mass is 241 g/mol. The van der Waals surface area contributed by atoms with E-state index in [1.165, 1.54) is 0 Å². The molecule has 0 fully saturated rings. The first-order valence-corrected chi connectivity index (χ1v) is 5.71. The van der Waals surface area contributed by atoms with Gasteiger partial charge in [-0.1, -0.05) is 18.2 Å². The lowest BCUT2D eigenvalue weighted by atomic mass is 10.1. The van der Waals surface area contributed by atoms with Crippen LogP contribution in [0.3, 0.4) is 0 Å². The van der Waals surface area contributed by atoms with Crippen molar-refractivity contribution in [1.29, 1.82) is 0 Å². The van der Waals surface area contributed by atoms with Gasteiger partial charge in [-0.05, 0) is 49.2 Å². The van der Waals surface area contributed by atoms with E-state index in [2.05, 4.69) is 0 Å². The van der Waals surface area contributed by atoms with Crippen molar-refractivity contribution in [2.24, 2.45) is 0 Å². The minimum atomic E-state index is -0.432. The zero-order chi connectivity index (χ0) is 13.1. The lowest BCUT2D eigenvalue weighted by Crippen LogP contribution is -2.11. The van der Waals surface area contributed by atoms with Gasteiger partial charge in [-0.2, -0.15) is 0 Å². The fourth-order valence-electron chi connectivity index (χ4n) is 1.84. The molecule has 0 aliphatic heterocycles. The van der Waals surface area contributed by atoms with E-state index in [0.717, 1.165) is 11.1 Å². The van der Waals surface area contributed by atoms with E-state index < -0.39 is 5.97 Å². The number of nitrogen functional groups attached to an aromatic ring is 1. The largest absolute Gasteiger partial charge is 0.423 e. The van der Waals surface area contributed by atoms with E-state index in [4.69, 9.17) is 10.5 Å². The molecule has 0 bridgehead atoms. The van der Waals surface area contributed by atoms with Crippen LogP contribution in [0.2, 0.25) is 0 Å². The van der Waals surface area contributed by atoms with E-state index in [-0.39, 0.29) is 0 Å². The van der Waals surface area contributed by atoms with E-state index in [9.17, 15) is 4.79 Å². The third-order valence-electron chi connectivity index (χ3n) is 2.59. The number of hydrogen-bond donors (Lipinski definition) is 1. The molecule has 0 amide bonds. The van der Waals surface area contributed by atoms with Crippen LogP contribution in [-0.4, -0.2) is 5.97 Å². The third-order valence-corrected chi connectivity index (χ3v) is 2.59. The quantitative estimate of drug-likeness (QED) is 0.499. The van der Waals surface area contributed by atoms with E-state index in [0.29, 0.717) is 17.0 Å². The van der Waals surface area contributed by atoms with Crippen LogP contribution in [0.4, 0.5) is 5.69 Å².